The van der Waals surface area contributed by atoms with E-state index in [1.807, 2.05) is 0 Å². The number of rotatable bonds is 9. The van der Waals surface area contributed by atoms with E-state index in [0.29, 0.717) is 0 Å². The molecule has 2 rings (SSSR count). The number of fused-ring (bicyclic) bond motifs is 1. The molecule has 0 unspecified atom stereocenters. The van der Waals surface area contributed by atoms with Gasteiger partial charge in [-0.25, -0.2) is 0 Å². The first-order valence-corrected chi connectivity index (χ1v) is 8.46. The summed E-state index contributed by atoms with van der Waals surface area (Å²) in [4.78, 5) is 4.79. The van der Waals surface area contributed by atoms with Gasteiger partial charge in [-0.1, -0.05) is 40.0 Å². The Kier molecular flexibility index (Phi) is 5.82. The SMILES string of the molecule is CCCCC1=[C]C2=C(CCCC)C(CCCC)=CC2=N1. The van der Waals surface area contributed by atoms with Crippen LogP contribution >= 0.6 is 0 Å². The summed E-state index contributed by atoms with van der Waals surface area (Å²) in [6.45, 7) is 6.77. The number of unbranched alkanes of at least 4 members (excludes halogenated alkanes) is 3. The maximum atomic E-state index is 4.79. The fraction of sp³-hybridized carbons (Fsp3) is 0.632. The first kappa shape index (κ1) is 15.3. The third-order valence-electron chi connectivity index (χ3n) is 4.13. The Morgan fingerprint density at radius 3 is 2.25 bits per heavy atom. The van der Waals surface area contributed by atoms with Crippen molar-refractivity contribution in [3.63, 3.8) is 0 Å². The van der Waals surface area contributed by atoms with Gasteiger partial charge in [0.2, 0.25) is 0 Å². The van der Waals surface area contributed by atoms with Gasteiger partial charge in [0.05, 0.1) is 5.71 Å². The van der Waals surface area contributed by atoms with E-state index >= 15 is 0 Å². The maximum absolute atomic E-state index is 4.79. The van der Waals surface area contributed by atoms with E-state index in [1.54, 1.807) is 5.57 Å². The van der Waals surface area contributed by atoms with Crippen LogP contribution in [-0.4, -0.2) is 5.71 Å². The lowest BCUT2D eigenvalue weighted by molar-refractivity contribution is 0.753. The monoisotopic (exact) mass is 270 g/mol. The fourth-order valence-electron chi connectivity index (χ4n) is 2.88. The molecule has 0 fully saturated rings. The molecular weight excluding hydrogens is 242 g/mol. The van der Waals surface area contributed by atoms with Crippen molar-refractivity contribution in [1.82, 2.24) is 0 Å². The van der Waals surface area contributed by atoms with Crippen LogP contribution < -0.4 is 0 Å². The summed E-state index contributed by atoms with van der Waals surface area (Å²) in [7, 11) is 0. The first-order chi connectivity index (χ1) is 9.80. The van der Waals surface area contributed by atoms with Crippen molar-refractivity contribution < 1.29 is 0 Å². The zero-order valence-corrected chi connectivity index (χ0v) is 13.4. The quantitative estimate of drug-likeness (QED) is 0.492. The standard InChI is InChI=1S/C19H28N/c1-4-7-10-15-13-19-18(17(15)12-9-6-3)14-16(20-19)11-8-5-2/h13H,4-12H2,1-3H3. The van der Waals surface area contributed by atoms with Crippen LogP contribution in [0.1, 0.15) is 78.6 Å². The van der Waals surface area contributed by atoms with Gasteiger partial charge in [0.1, 0.15) is 0 Å². The van der Waals surface area contributed by atoms with Gasteiger partial charge in [0, 0.05) is 17.3 Å². The third-order valence-corrected chi connectivity index (χ3v) is 4.13. The Morgan fingerprint density at radius 1 is 0.900 bits per heavy atom. The topological polar surface area (TPSA) is 12.4 Å². The largest absolute Gasteiger partial charge is 0.252 e. The molecule has 0 amide bonds. The number of aliphatic imine (C=N–C) groups is 1. The zero-order chi connectivity index (χ0) is 14.4. The minimum absolute atomic E-state index is 1.09. The smallest absolute Gasteiger partial charge is 0.0718 e. The van der Waals surface area contributed by atoms with E-state index < -0.39 is 0 Å². The van der Waals surface area contributed by atoms with Crippen molar-refractivity contribution in [3.8, 4) is 0 Å². The Labute approximate surface area is 124 Å². The van der Waals surface area contributed by atoms with Crippen LogP contribution in [0.3, 0.4) is 0 Å². The lowest BCUT2D eigenvalue weighted by Gasteiger charge is -2.08. The highest BCUT2D eigenvalue weighted by Gasteiger charge is 2.25. The molecule has 0 bridgehead atoms. The molecule has 2 aliphatic rings. The van der Waals surface area contributed by atoms with E-state index in [4.69, 9.17) is 4.99 Å². The lowest BCUT2D eigenvalue weighted by atomic mass is 9.96. The maximum Gasteiger partial charge on any atom is 0.0718 e. The fourth-order valence-corrected chi connectivity index (χ4v) is 2.88. The molecule has 0 aromatic heterocycles. The Balaban J connectivity index is 2.14. The van der Waals surface area contributed by atoms with Crippen molar-refractivity contribution in [2.24, 2.45) is 4.99 Å². The van der Waals surface area contributed by atoms with Crippen LogP contribution in [0, 0.1) is 6.08 Å². The molecule has 1 heteroatoms. The van der Waals surface area contributed by atoms with Crippen molar-refractivity contribution in [3.05, 3.63) is 34.6 Å². The van der Waals surface area contributed by atoms with Gasteiger partial charge in [-0.3, -0.25) is 4.99 Å². The average molecular weight is 270 g/mol. The van der Waals surface area contributed by atoms with Crippen molar-refractivity contribution >= 4 is 5.71 Å². The summed E-state index contributed by atoms with van der Waals surface area (Å²) in [6.07, 6.45) is 17.0. The molecule has 109 valence electrons. The summed E-state index contributed by atoms with van der Waals surface area (Å²) in [5.41, 5.74) is 6.79. The van der Waals surface area contributed by atoms with Crippen molar-refractivity contribution in [2.45, 2.75) is 78.6 Å². The molecule has 0 saturated carbocycles. The van der Waals surface area contributed by atoms with Crippen LogP contribution in [0.15, 0.2) is 33.5 Å². The van der Waals surface area contributed by atoms with Crippen LogP contribution in [0.25, 0.3) is 0 Å². The van der Waals surface area contributed by atoms with Crippen LogP contribution in [-0.2, 0) is 0 Å². The molecule has 0 spiro atoms. The molecule has 1 aliphatic carbocycles. The second kappa shape index (κ2) is 7.61. The molecule has 1 aliphatic heterocycles. The molecule has 0 saturated heterocycles. The van der Waals surface area contributed by atoms with Gasteiger partial charge in [-0.05, 0) is 55.7 Å². The average Bonchev–Trinajstić information content (AvgIpc) is 2.98. The molecule has 0 N–H and O–H groups in total. The van der Waals surface area contributed by atoms with Crippen LogP contribution in [0.2, 0.25) is 0 Å². The summed E-state index contributed by atoms with van der Waals surface area (Å²) in [5, 5.41) is 0. The van der Waals surface area contributed by atoms with Crippen molar-refractivity contribution in [2.75, 3.05) is 0 Å². The molecule has 0 aromatic rings. The Bertz CT molecular complexity index is 460. The van der Waals surface area contributed by atoms with Gasteiger partial charge < -0.3 is 0 Å². The summed E-state index contributed by atoms with van der Waals surface area (Å²) >= 11 is 0. The van der Waals surface area contributed by atoms with Gasteiger partial charge in [0.25, 0.3) is 0 Å². The molecule has 0 atom stereocenters. The van der Waals surface area contributed by atoms with Crippen molar-refractivity contribution in [1.29, 1.82) is 0 Å². The van der Waals surface area contributed by atoms with Crippen LogP contribution in [0.4, 0.5) is 0 Å². The highest BCUT2D eigenvalue weighted by molar-refractivity contribution is 6.16. The molecular formula is C19H28N. The predicted octanol–water partition coefficient (Wildman–Crippen LogP) is 5.94. The molecule has 0 aromatic carbocycles. The zero-order valence-electron chi connectivity index (χ0n) is 13.4. The van der Waals surface area contributed by atoms with Gasteiger partial charge in [0.15, 0.2) is 0 Å². The van der Waals surface area contributed by atoms with Gasteiger partial charge >= 0.3 is 0 Å². The minimum Gasteiger partial charge on any atom is -0.252 e. The minimum atomic E-state index is 1.09. The predicted molar refractivity (Wildman–Crippen MR) is 87.9 cm³/mol. The number of hydrogen-bond donors (Lipinski definition) is 0. The molecule has 1 nitrogen and oxygen atoms in total. The summed E-state index contributed by atoms with van der Waals surface area (Å²) < 4.78 is 0. The third kappa shape index (κ3) is 3.50. The second-order valence-electron chi connectivity index (χ2n) is 5.90. The van der Waals surface area contributed by atoms with E-state index in [1.165, 1.54) is 73.9 Å². The lowest BCUT2D eigenvalue weighted by Crippen LogP contribution is -1.92. The van der Waals surface area contributed by atoms with Gasteiger partial charge in [-0.2, -0.15) is 0 Å². The molecule has 1 heterocycles. The molecule has 1 radical (unpaired) electrons. The first-order valence-electron chi connectivity index (χ1n) is 8.46. The van der Waals surface area contributed by atoms with Gasteiger partial charge in [-0.15, -0.1) is 0 Å². The second-order valence-corrected chi connectivity index (χ2v) is 5.90. The van der Waals surface area contributed by atoms with E-state index in [-0.39, 0.29) is 0 Å². The highest BCUT2D eigenvalue weighted by Crippen LogP contribution is 2.36. The summed E-state index contributed by atoms with van der Waals surface area (Å²) in [5.74, 6) is 0. The Morgan fingerprint density at radius 2 is 1.55 bits per heavy atom. The summed E-state index contributed by atoms with van der Waals surface area (Å²) in [6, 6.07) is 0. The van der Waals surface area contributed by atoms with E-state index in [0.717, 1.165) is 6.42 Å². The Hall–Kier alpha value is -1.11. The van der Waals surface area contributed by atoms with E-state index in [2.05, 4.69) is 32.9 Å². The van der Waals surface area contributed by atoms with Crippen LogP contribution in [0.5, 0.6) is 0 Å². The number of nitrogens with zero attached hydrogens (tertiary/aromatic N) is 1. The number of hydrogen-bond acceptors (Lipinski definition) is 1. The normalized spacial score (nSPS) is 17.2. The highest BCUT2D eigenvalue weighted by atomic mass is 14.8. The molecule has 20 heavy (non-hydrogen) atoms. The van der Waals surface area contributed by atoms with E-state index in [9.17, 15) is 0 Å². The number of allylic oxidation sites excluding steroid dienone is 6.